The number of carbonyl (C=O) groups excluding carboxylic acids is 2. The number of amides is 2. The number of aromatic amines is 1. The maximum Gasteiger partial charge on any atom is 0.254 e. The molecule has 2 aliphatic rings. The summed E-state index contributed by atoms with van der Waals surface area (Å²) in [5.41, 5.74) is 2.68. The molecule has 1 unspecified atom stereocenters. The van der Waals surface area contributed by atoms with E-state index < -0.39 is 5.54 Å². The second kappa shape index (κ2) is 10.9. The van der Waals surface area contributed by atoms with Gasteiger partial charge in [0, 0.05) is 36.5 Å². The summed E-state index contributed by atoms with van der Waals surface area (Å²) in [6, 6.07) is 14.1. The molecule has 2 amide bonds. The van der Waals surface area contributed by atoms with E-state index in [4.69, 9.17) is 14.2 Å². The van der Waals surface area contributed by atoms with Gasteiger partial charge in [-0.25, -0.2) is 0 Å². The molecule has 3 heterocycles. The lowest BCUT2D eigenvalue weighted by Crippen LogP contribution is -2.67. The smallest absolute Gasteiger partial charge is 0.254 e. The van der Waals surface area contributed by atoms with Crippen LogP contribution < -0.4 is 9.47 Å². The number of rotatable bonds is 10. The molecule has 1 fully saturated rings. The van der Waals surface area contributed by atoms with Crippen molar-refractivity contribution in [2.45, 2.75) is 58.1 Å². The summed E-state index contributed by atoms with van der Waals surface area (Å²) in [5, 5.41) is 1.06. The van der Waals surface area contributed by atoms with Crippen LogP contribution in [0.4, 0.5) is 0 Å². The molecule has 8 nitrogen and oxygen atoms in total. The number of fused-ring (bicyclic) bond motifs is 5. The van der Waals surface area contributed by atoms with Crippen LogP contribution in [0.2, 0.25) is 0 Å². The number of nitrogens with one attached hydrogen (secondary N) is 1. The average Bonchev–Trinajstić information content (AvgIpc) is 3.33. The first-order chi connectivity index (χ1) is 18.8. The maximum absolute atomic E-state index is 14.1. The van der Waals surface area contributed by atoms with E-state index >= 15 is 0 Å². The summed E-state index contributed by atoms with van der Waals surface area (Å²) in [5.74, 6) is 1.11. The van der Waals surface area contributed by atoms with Gasteiger partial charge in [0.25, 0.3) is 5.91 Å². The summed E-state index contributed by atoms with van der Waals surface area (Å²) in [6.45, 7) is 10.0. The van der Waals surface area contributed by atoms with Crippen molar-refractivity contribution >= 4 is 22.7 Å². The Morgan fingerprint density at radius 1 is 1.10 bits per heavy atom. The number of H-pyrrole nitrogens is 1. The summed E-state index contributed by atoms with van der Waals surface area (Å²) >= 11 is 0. The van der Waals surface area contributed by atoms with Gasteiger partial charge in [-0.3, -0.25) is 9.59 Å². The Bertz CT molecular complexity index is 1370. The standard InChI is InChI=1S/C31H39N3O5/c1-6-15-39-25-13-12-21(17-26(25)37-5)23-18-34-27(35)19-33(14-9-16-38-20(2)3)30(36)31(34,4)29-28(23)22-10-7-8-11-24(22)32-29/h7-8,10-13,17,20,23,32H,6,9,14-16,18-19H2,1-5H3/t23?,31-/m0/s1. The second-order valence-electron chi connectivity index (χ2n) is 10.8. The molecule has 1 N–H and O–H groups in total. The molecule has 2 aromatic carbocycles. The van der Waals surface area contributed by atoms with Crippen molar-refractivity contribution in [3.63, 3.8) is 0 Å². The Morgan fingerprint density at radius 2 is 1.90 bits per heavy atom. The molecule has 208 valence electrons. The lowest BCUT2D eigenvalue weighted by molar-refractivity contribution is -0.166. The third-order valence-corrected chi connectivity index (χ3v) is 7.89. The van der Waals surface area contributed by atoms with E-state index in [9.17, 15) is 9.59 Å². The number of hydrogen-bond acceptors (Lipinski definition) is 5. The third kappa shape index (κ3) is 4.75. The van der Waals surface area contributed by atoms with Crippen molar-refractivity contribution < 1.29 is 23.8 Å². The highest BCUT2D eigenvalue weighted by Crippen LogP contribution is 2.49. The molecule has 1 saturated heterocycles. The summed E-state index contributed by atoms with van der Waals surface area (Å²) < 4.78 is 17.3. The minimum absolute atomic E-state index is 0.0500. The number of methoxy groups -OCH3 is 1. The Labute approximate surface area is 230 Å². The van der Waals surface area contributed by atoms with Crippen molar-refractivity contribution in [1.82, 2.24) is 14.8 Å². The van der Waals surface area contributed by atoms with Gasteiger partial charge < -0.3 is 29.0 Å². The molecule has 2 aliphatic heterocycles. The lowest BCUT2D eigenvalue weighted by atomic mass is 9.76. The quantitative estimate of drug-likeness (QED) is 0.378. The van der Waals surface area contributed by atoms with Gasteiger partial charge in [-0.05, 0) is 62.9 Å². The monoisotopic (exact) mass is 533 g/mol. The van der Waals surface area contributed by atoms with Gasteiger partial charge >= 0.3 is 0 Å². The summed E-state index contributed by atoms with van der Waals surface area (Å²) in [6.07, 6.45) is 1.71. The van der Waals surface area contributed by atoms with E-state index in [2.05, 4.69) is 18.0 Å². The predicted molar refractivity (Wildman–Crippen MR) is 150 cm³/mol. The number of carbonyl (C=O) groups is 2. The summed E-state index contributed by atoms with van der Waals surface area (Å²) in [4.78, 5) is 34.8. The van der Waals surface area contributed by atoms with Crippen molar-refractivity contribution in [3.05, 3.63) is 59.3 Å². The highest BCUT2D eigenvalue weighted by Gasteiger charge is 2.56. The van der Waals surface area contributed by atoms with Gasteiger partial charge in [0.2, 0.25) is 5.91 Å². The number of nitrogens with zero attached hydrogens (tertiary/aromatic N) is 2. The zero-order valence-corrected chi connectivity index (χ0v) is 23.6. The summed E-state index contributed by atoms with van der Waals surface area (Å²) in [7, 11) is 1.64. The first-order valence-corrected chi connectivity index (χ1v) is 13.9. The van der Waals surface area contributed by atoms with Crippen molar-refractivity contribution in [2.24, 2.45) is 0 Å². The van der Waals surface area contributed by atoms with Crippen molar-refractivity contribution in [2.75, 3.05) is 40.0 Å². The van der Waals surface area contributed by atoms with Crippen LogP contribution in [-0.2, 0) is 19.9 Å². The lowest BCUT2D eigenvalue weighted by Gasteiger charge is -2.51. The normalized spacial score (nSPS) is 20.9. The minimum Gasteiger partial charge on any atom is -0.493 e. The molecule has 0 aliphatic carbocycles. The van der Waals surface area contributed by atoms with Gasteiger partial charge in [-0.2, -0.15) is 0 Å². The Morgan fingerprint density at radius 3 is 2.64 bits per heavy atom. The Hall–Kier alpha value is -3.52. The fraction of sp³-hybridized carbons (Fsp3) is 0.484. The fourth-order valence-corrected chi connectivity index (χ4v) is 5.96. The molecule has 0 spiro atoms. The van der Waals surface area contributed by atoms with Crippen LogP contribution in [0.3, 0.4) is 0 Å². The van der Waals surface area contributed by atoms with E-state index in [1.807, 2.05) is 57.2 Å². The van der Waals surface area contributed by atoms with Crippen LogP contribution in [0, 0.1) is 0 Å². The zero-order chi connectivity index (χ0) is 27.7. The number of ether oxygens (including phenoxy) is 3. The molecule has 39 heavy (non-hydrogen) atoms. The molecule has 0 bridgehead atoms. The molecule has 3 aromatic rings. The number of benzene rings is 2. The number of piperazine rings is 1. The van der Waals surface area contributed by atoms with Gasteiger partial charge in [-0.1, -0.05) is 31.2 Å². The topological polar surface area (TPSA) is 84.1 Å². The maximum atomic E-state index is 14.1. The van der Waals surface area contributed by atoms with E-state index in [0.29, 0.717) is 44.2 Å². The molecule has 8 heteroatoms. The molecule has 0 radical (unpaired) electrons. The molecular formula is C31H39N3O5. The fourth-order valence-electron chi connectivity index (χ4n) is 5.96. The van der Waals surface area contributed by atoms with Crippen LogP contribution in [-0.4, -0.2) is 72.7 Å². The first kappa shape index (κ1) is 27.1. The highest BCUT2D eigenvalue weighted by molar-refractivity contribution is 6.01. The second-order valence-corrected chi connectivity index (χ2v) is 10.8. The molecule has 1 aromatic heterocycles. The van der Waals surface area contributed by atoms with Crippen molar-refractivity contribution in [3.8, 4) is 11.5 Å². The van der Waals surface area contributed by atoms with E-state index in [1.54, 1.807) is 16.9 Å². The SMILES string of the molecule is CCCOc1ccc(C2CN3C(=O)CN(CCCOC(C)C)C(=O)[C@]3(C)c3[nH]c4ccccc4c32)cc1OC. The van der Waals surface area contributed by atoms with E-state index in [1.165, 1.54) is 0 Å². The average molecular weight is 534 g/mol. The molecule has 0 saturated carbocycles. The molecule has 5 rings (SSSR count). The Balaban J connectivity index is 1.57. The van der Waals surface area contributed by atoms with Gasteiger partial charge in [-0.15, -0.1) is 0 Å². The number of aromatic nitrogens is 1. The van der Waals surface area contributed by atoms with Gasteiger partial charge in [0.15, 0.2) is 17.0 Å². The largest absolute Gasteiger partial charge is 0.493 e. The van der Waals surface area contributed by atoms with E-state index in [0.717, 1.165) is 34.1 Å². The third-order valence-electron chi connectivity index (χ3n) is 7.89. The zero-order valence-electron chi connectivity index (χ0n) is 23.6. The van der Waals surface area contributed by atoms with Crippen LogP contribution in [0.25, 0.3) is 10.9 Å². The highest BCUT2D eigenvalue weighted by atomic mass is 16.5. The Kier molecular flexibility index (Phi) is 7.58. The minimum atomic E-state index is -1.12. The number of para-hydroxylation sites is 1. The van der Waals surface area contributed by atoms with Gasteiger partial charge in [0.1, 0.15) is 0 Å². The molecule has 2 atom stereocenters. The van der Waals surface area contributed by atoms with Crippen LogP contribution >= 0.6 is 0 Å². The van der Waals surface area contributed by atoms with Gasteiger partial charge in [0.05, 0.1) is 32.1 Å². The van der Waals surface area contributed by atoms with Crippen LogP contribution in [0.1, 0.15) is 63.3 Å². The predicted octanol–water partition coefficient (Wildman–Crippen LogP) is 4.81. The first-order valence-electron chi connectivity index (χ1n) is 13.9. The van der Waals surface area contributed by atoms with Crippen LogP contribution in [0.15, 0.2) is 42.5 Å². The van der Waals surface area contributed by atoms with Crippen LogP contribution in [0.5, 0.6) is 11.5 Å². The van der Waals surface area contributed by atoms with E-state index in [-0.39, 0.29) is 30.4 Å². The molecular weight excluding hydrogens is 494 g/mol. The number of hydrogen-bond donors (Lipinski definition) is 1. The van der Waals surface area contributed by atoms with Crippen molar-refractivity contribution in [1.29, 1.82) is 0 Å².